The number of aliphatic hydroxyl groups excluding tert-OH is 1. The molecular weight excluding hydrogens is 330 g/mol. The number of rotatable bonds is 4. The molecule has 0 spiro atoms. The minimum Gasteiger partial charge on any atom is -0.396 e. The molecule has 3 heterocycles. The molecule has 3 aliphatic rings. The van der Waals surface area contributed by atoms with Gasteiger partial charge in [-0.3, -0.25) is 14.5 Å². The molecule has 1 aliphatic carbocycles. The smallest absolute Gasteiger partial charge is 0.250 e. The van der Waals surface area contributed by atoms with Crippen LogP contribution < -0.4 is 5.56 Å². The van der Waals surface area contributed by atoms with Crippen molar-refractivity contribution in [1.29, 1.82) is 0 Å². The Morgan fingerprint density at radius 1 is 1.27 bits per heavy atom. The zero-order valence-corrected chi connectivity index (χ0v) is 15.7. The van der Waals surface area contributed by atoms with Gasteiger partial charge in [0.05, 0.1) is 12.1 Å². The van der Waals surface area contributed by atoms with E-state index in [0.717, 1.165) is 12.2 Å². The Morgan fingerprint density at radius 2 is 2.00 bits per heavy atom. The Labute approximate surface area is 154 Å². The molecule has 2 aliphatic heterocycles. The molecule has 26 heavy (non-hydrogen) atoms. The van der Waals surface area contributed by atoms with Gasteiger partial charge in [-0.25, -0.2) is 0 Å². The van der Waals surface area contributed by atoms with Gasteiger partial charge in [0.2, 0.25) is 5.91 Å². The molecule has 1 saturated carbocycles. The van der Waals surface area contributed by atoms with E-state index in [1.807, 2.05) is 16.7 Å². The molecule has 1 aromatic heterocycles. The maximum atomic E-state index is 13.0. The molecule has 4 rings (SSSR count). The monoisotopic (exact) mass is 359 g/mol. The number of hydrogen-bond donors (Lipinski definition) is 1. The number of likely N-dealkylation sites (N-methyl/N-ethyl adjacent to an activating group) is 1. The van der Waals surface area contributed by atoms with Crippen molar-refractivity contribution >= 4 is 5.91 Å². The maximum absolute atomic E-state index is 13.0. The fourth-order valence-corrected chi connectivity index (χ4v) is 5.50. The molecule has 0 radical (unpaired) electrons. The number of pyridine rings is 1. The lowest BCUT2D eigenvalue weighted by Crippen LogP contribution is -2.49. The first-order valence-corrected chi connectivity index (χ1v) is 9.80. The summed E-state index contributed by atoms with van der Waals surface area (Å²) in [6.45, 7) is 1.46. The molecule has 1 aromatic rings. The van der Waals surface area contributed by atoms with Gasteiger partial charge in [-0.2, -0.15) is 0 Å². The fourth-order valence-electron chi connectivity index (χ4n) is 5.50. The summed E-state index contributed by atoms with van der Waals surface area (Å²) in [6, 6.07) is 5.19. The average molecular weight is 359 g/mol. The van der Waals surface area contributed by atoms with Crippen LogP contribution in [0.4, 0.5) is 0 Å². The van der Waals surface area contributed by atoms with Crippen molar-refractivity contribution in [2.75, 3.05) is 27.2 Å². The van der Waals surface area contributed by atoms with E-state index in [1.54, 1.807) is 25.1 Å². The van der Waals surface area contributed by atoms with Crippen molar-refractivity contribution in [3.63, 3.8) is 0 Å². The first-order chi connectivity index (χ1) is 12.5. The standard InChI is InChI=1S/C20H29N3O3/c1-21(2)20(26)19-15(12-24)14-11-22-16(8-5-9-17(22)25)18(14)23(19)10-13-6-3-4-7-13/h5,8-9,13-15,18-19,24H,3-4,6-7,10-12H2,1-2H3/t14-,15-,18+,19-/m1/s1. The number of carbonyl (C=O) groups excluding carboxylic acids is 1. The van der Waals surface area contributed by atoms with Crippen LogP contribution in [-0.2, 0) is 11.3 Å². The summed E-state index contributed by atoms with van der Waals surface area (Å²) in [7, 11) is 3.58. The Balaban J connectivity index is 1.75. The van der Waals surface area contributed by atoms with E-state index in [9.17, 15) is 14.7 Å². The zero-order chi connectivity index (χ0) is 18.4. The van der Waals surface area contributed by atoms with E-state index in [4.69, 9.17) is 0 Å². The van der Waals surface area contributed by atoms with Gasteiger partial charge in [0.1, 0.15) is 0 Å². The topological polar surface area (TPSA) is 65.8 Å². The molecule has 1 N–H and O–H groups in total. The van der Waals surface area contributed by atoms with Crippen LogP contribution in [-0.4, -0.2) is 58.7 Å². The number of carbonyl (C=O) groups is 1. The predicted molar refractivity (Wildman–Crippen MR) is 98.7 cm³/mol. The SMILES string of the molecule is CN(C)C(=O)[C@H]1[C@H](CO)[C@H]2Cn3c(cccc3=O)[C@H]2N1CC1CCCC1. The fraction of sp³-hybridized carbons (Fsp3) is 0.700. The molecule has 6 nitrogen and oxygen atoms in total. The van der Waals surface area contributed by atoms with Crippen LogP contribution in [0.3, 0.4) is 0 Å². The van der Waals surface area contributed by atoms with Gasteiger partial charge < -0.3 is 14.6 Å². The van der Waals surface area contributed by atoms with Crippen molar-refractivity contribution < 1.29 is 9.90 Å². The van der Waals surface area contributed by atoms with Crippen LogP contribution in [0.1, 0.15) is 37.4 Å². The van der Waals surface area contributed by atoms with Gasteiger partial charge in [-0.1, -0.05) is 18.9 Å². The number of hydrogen-bond acceptors (Lipinski definition) is 4. The van der Waals surface area contributed by atoms with Gasteiger partial charge in [0.25, 0.3) is 5.56 Å². The van der Waals surface area contributed by atoms with Crippen molar-refractivity contribution in [2.24, 2.45) is 17.8 Å². The summed E-state index contributed by atoms with van der Waals surface area (Å²) in [5, 5.41) is 10.2. The Kier molecular flexibility index (Phi) is 4.65. The van der Waals surface area contributed by atoms with E-state index < -0.39 is 0 Å². The van der Waals surface area contributed by atoms with Gasteiger partial charge in [0.15, 0.2) is 0 Å². The third-order valence-corrected chi connectivity index (χ3v) is 6.70. The third-order valence-electron chi connectivity index (χ3n) is 6.70. The number of nitrogens with zero attached hydrogens (tertiary/aromatic N) is 3. The Hall–Kier alpha value is -1.66. The summed E-state index contributed by atoms with van der Waals surface area (Å²) in [4.78, 5) is 29.3. The molecule has 0 aromatic carbocycles. The summed E-state index contributed by atoms with van der Waals surface area (Å²) < 4.78 is 1.84. The molecule has 0 bridgehead atoms. The van der Waals surface area contributed by atoms with Crippen LogP contribution in [0, 0.1) is 17.8 Å². The lowest BCUT2D eigenvalue weighted by atomic mass is 9.88. The van der Waals surface area contributed by atoms with E-state index in [-0.39, 0.29) is 42.0 Å². The van der Waals surface area contributed by atoms with E-state index in [0.29, 0.717) is 12.5 Å². The van der Waals surface area contributed by atoms with Gasteiger partial charge in [-0.05, 0) is 24.8 Å². The second-order valence-corrected chi connectivity index (χ2v) is 8.38. The van der Waals surface area contributed by atoms with Gasteiger partial charge in [-0.15, -0.1) is 0 Å². The summed E-state index contributed by atoms with van der Waals surface area (Å²) in [6.07, 6.45) is 4.95. The second-order valence-electron chi connectivity index (χ2n) is 8.38. The van der Waals surface area contributed by atoms with Crippen molar-refractivity contribution in [3.8, 4) is 0 Å². The molecule has 142 valence electrons. The number of aliphatic hydroxyl groups is 1. The molecular formula is C20H29N3O3. The van der Waals surface area contributed by atoms with Crippen LogP contribution in [0.25, 0.3) is 0 Å². The van der Waals surface area contributed by atoms with Crippen molar-refractivity contribution in [1.82, 2.24) is 14.4 Å². The Morgan fingerprint density at radius 3 is 2.65 bits per heavy atom. The van der Waals surface area contributed by atoms with Gasteiger partial charge in [0, 0.05) is 57.4 Å². The molecule has 1 saturated heterocycles. The third kappa shape index (κ3) is 2.70. The Bertz CT molecular complexity index is 738. The minimum absolute atomic E-state index is 0.0184. The van der Waals surface area contributed by atoms with Crippen LogP contribution in [0.5, 0.6) is 0 Å². The molecule has 1 amide bonds. The second kappa shape index (κ2) is 6.82. The quantitative estimate of drug-likeness (QED) is 0.874. The summed E-state index contributed by atoms with van der Waals surface area (Å²) in [5.41, 5.74) is 1.03. The first kappa shape index (κ1) is 17.7. The van der Waals surface area contributed by atoms with E-state index in [2.05, 4.69) is 4.90 Å². The highest BCUT2D eigenvalue weighted by Crippen LogP contribution is 2.50. The molecule has 4 atom stereocenters. The highest BCUT2D eigenvalue weighted by atomic mass is 16.3. The number of likely N-dealkylation sites (tertiary alicyclic amines) is 1. The van der Waals surface area contributed by atoms with E-state index >= 15 is 0 Å². The first-order valence-electron chi connectivity index (χ1n) is 9.80. The van der Waals surface area contributed by atoms with Crippen LogP contribution in [0.15, 0.2) is 23.0 Å². The molecule has 0 unspecified atom stereocenters. The summed E-state index contributed by atoms with van der Waals surface area (Å²) in [5.74, 6) is 0.664. The molecule has 2 fully saturated rings. The lowest BCUT2D eigenvalue weighted by Gasteiger charge is -2.34. The molecule has 6 heteroatoms. The largest absolute Gasteiger partial charge is 0.396 e. The zero-order valence-electron chi connectivity index (χ0n) is 15.7. The van der Waals surface area contributed by atoms with Crippen LogP contribution in [0.2, 0.25) is 0 Å². The number of amides is 1. The maximum Gasteiger partial charge on any atom is 0.250 e. The average Bonchev–Trinajstić information content (AvgIpc) is 3.31. The van der Waals surface area contributed by atoms with Gasteiger partial charge >= 0.3 is 0 Å². The summed E-state index contributed by atoms with van der Waals surface area (Å²) >= 11 is 0. The van der Waals surface area contributed by atoms with E-state index in [1.165, 1.54) is 25.7 Å². The van der Waals surface area contributed by atoms with Crippen molar-refractivity contribution in [3.05, 3.63) is 34.2 Å². The lowest BCUT2D eigenvalue weighted by molar-refractivity contribution is -0.136. The normalized spacial score (nSPS) is 31.2. The number of aromatic nitrogens is 1. The van der Waals surface area contributed by atoms with Crippen molar-refractivity contribution in [2.45, 2.75) is 44.3 Å². The van der Waals surface area contributed by atoms with Crippen LogP contribution >= 0.6 is 0 Å². The number of fused-ring (bicyclic) bond motifs is 3. The highest BCUT2D eigenvalue weighted by Gasteiger charge is 2.55. The minimum atomic E-state index is -0.297. The predicted octanol–water partition coefficient (Wildman–Crippen LogP) is 1.09. The highest BCUT2D eigenvalue weighted by molar-refractivity contribution is 5.82.